The summed E-state index contributed by atoms with van der Waals surface area (Å²) in [7, 11) is 3.16. The summed E-state index contributed by atoms with van der Waals surface area (Å²) in [5, 5.41) is 3.71. The van der Waals surface area contributed by atoms with E-state index in [9.17, 15) is 4.79 Å². The van der Waals surface area contributed by atoms with E-state index in [1.165, 1.54) is 5.56 Å². The van der Waals surface area contributed by atoms with Crippen molar-refractivity contribution in [1.29, 1.82) is 0 Å². The van der Waals surface area contributed by atoms with Gasteiger partial charge >= 0.3 is 0 Å². The first-order valence-corrected chi connectivity index (χ1v) is 7.79. The van der Waals surface area contributed by atoms with Gasteiger partial charge in [0.25, 0.3) is 5.91 Å². The van der Waals surface area contributed by atoms with Crippen molar-refractivity contribution < 1.29 is 14.3 Å². The molecule has 3 rings (SSSR count). The molecule has 0 saturated heterocycles. The van der Waals surface area contributed by atoms with E-state index < -0.39 is 0 Å². The summed E-state index contributed by atoms with van der Waals surface area (Å²) in [6, 6.07) is 11.5. The molecule has 24 heavy (non-hydrogen) atoms. The summed E-state index contributed by atoms with van der Waals surface area (Å²) in [4.78, 5) is 15.7. The zero-order chi connectivity index (χ0) is 17.1. The number of ether oxygens (including phenoxy) is 2. The fourth-order valence-corrected chi connectivity index (χ4v) is 2.66. The van der Waals surface area contributed by atoms with Crippen LogP contribution in [0.1, 0.15) is 22.8 Å². The maximum absolute atomic E-state index is 12.6. The van der Waals surface area contributed by atoms with Crippen LogP contribution in [0.3, 0.4) is 0 Å². The van der Waals surface area contributed by atoms with Crippen LogP contribution >= 0.6 is 0 Å². The van der Waals surface area contributed by atoms with Gasteiger partial charge in [-0.3, -0.25) is 4.79 Å². The number of aryl methyl sites for hydroxylation is 1. The molecule has 0 atom stereocenters. The Bertz CT molecular complexity index is 866. The molecule has 0 radical (unpaired) electrons. The van der Waals surface area contributed by atoms with E-state index in [1.807, 2.05) is 30.3 Å². The molecule has 0 spiro atoms. The Morgan fingerprint density at radius 1 is 1.08 bits per heavy atom. The van der Waals surface area contributed by atoms with Gasteiger partial charge in [-0.1, -0.05) is 19.1 Å². The van der Waals surface area contributed by atoms with Crippen LogP contribution in [0.5, 0.6) is 11.5 Å². The molecular formula is C19H20N2O3. The molecule has 0 aliphatic carbocycles. The highest BCUT2D eigenvalue weighted by Crippen LogP contribution is 2.33. The number of H-pyrrole nitrogens is 1. The second-order valence-corrected chi connectivity index (χ2v) is 5.46. The van der Waals surface area contributed by atoms with Gasteiger partial charge in [-0.25, -0.2) is 0 Å². The van der Waals surface area contributed by atoms with Gasteiger partial charge in [0.1, 0.15) is 0 Å². The number of carbonyl (C=O) groups excluding carboxylic acids is 1. The number of amides is 1. The second kappa shape index (κ2) is 6.66. The van der Waals surface area contributed by atoms with Crippen molar-refractivity contribution in [3.05, 3.63) is 53.7 Å². The predicted octanol–water partition coefficient (Wildman–Crippen LogP) is 4.00. The van der Waals surface area contributed by atoms with E-state index in [4.69, 9.17) is 9.47 Å². The number of methoxy groups -OCH3 is 2. The molecule has 0 aliphatic heterocycles. The van der Waals surface area contributed by atoms with E-state index >= 15 is 0 Å². The molecule has 1 amide bonds. The monoisotopic (exact) mass is 324 g/mol. The summed E-state index contributed by atoms with van der Waals surface area (Å²) in [6.07, 6.45) is 2.66. The van der Waals surface area contributed by atoms with Crippen LogP contribution in [0.2, 0.25) is 0 Å². The van der Waals surface area contributed by atoms with Crippen molar-refractivity contribution in [3.63, 3.8) is 0 Å². The molecule has 0 bridgehead atoms. The number of rotatable bonds is 5. The Balaban J connectivity index is 1.91. The molecule has 5 nitrogen and oxygen atoms in total. The lowest BCUT2D eigenvalue weighted by molar-refractivity contribution is 0.102. The summed E-state index contributed by atoms with van der Waals surface area (Å²) in [6.45, 7) is 2.10. The third-order valence-corrected chi connectivity index (χ3v) is 4.05. The predicted molar refractivity (Wildman–Crippen MR) is 95.2 cm³/mol. The van der Waals surface area contributed by atoms with Crippen molar-refractivity contribution in [1.82, 2.24) is 4.98 Å². The number of anilines is 1. The van der Waals surface area contributed by atoms with Crippen LogP contribution in [-0.4, -0.2) is 25.1 Å². The summed E-state index contributed by atoms with van der Waals surface area (Å²) in [5.41, 5.74) is 3.38. The molecule has 0 unspecified atom stereocenters. The Morgan fingerprint density at radius 3 is 2.38 bits per heavy atom. The van der Waals surface area contributed by atoms with Crippen molar-refractivity contribution in [3.8, 4) is 11.5 Å². The standard InChI is InChI=1S/C19H20N2O3/c1-4-12-5-7-13(8-6-12)21-19(22)15-11-20-16-10-18(24-3)17(23-2)9-14(15)16/h5-11,20H,4H2,1-3H3,(H,21,22). The minimum atomic E-state index is -0.169. The maximum atomic E-state index is 12.6. The highest BCUT2D eigenvalue weighted by Gasteiger charge is 2.15. The average Bonchev–Trinajstić information content (AvgIpc) is 3.03. The van der Waals surface area contributed by atoms with Crippen molar-refractivity contribution in [2.75, 3.05) is 19.5 Å². The first kappa shape index (κ1) is 15.9. The van der Waals surface area contributed by atoms with Gasteiger partial charge < -0.3 is 19.8 Å². The van der Waals surface area contributed by atoms with Crippen molar-refractivity contribution in [2.45, 2.75) is 13.3 Å². The number of hydrogen-bond donors (Lipinski definition) is 2. The third-order valence-electron chi connectivity index (χ3n) is 4.05. The van der Waals surface area contributed by atoms with Gasteiger partial charge in [-0.05, 0) is 30.2 Å². The minimum absolute atomic E-state index is 0.169. The lowest BCUT2D eigenvalue weighted by Crippen LogP contribution is -2.11. The topological polar surface area (TPSA) is 63.4 Å². The third kappa shape index (κ3) is 2.93. The van der Waals surface area contributed by atoms with Gasteiger partial charge in [-0.2, -0.15) is 0 Å². The minimum Gasteiger partial charge on any atom is -0.493 e. The van der Waals surface area contributed by atoms with Crippen LogP contribution < -0.4 is 14.8 Å². The fourth-order valence-electron chi connectivity index (χ4n) is 2.66. The SMILES string of the molecule is CCc1ccc(NC(=O)c2c[nH]c3cc(OC)c(OC)cc23)cc1. The molecule has 2 aromatic carbocycles. The molecular weight excluding hydrogens is 304 g/mol. The molecule has 5 heteroatoms. The molecule has 0 fully saturated rings. The van der Waals surface area contributed by atoms with Crippen molar-refractivity contribution >= 4 is 22.5 Å². The summed E-state index contributed by atoms with van der Waals surface area (Å²) < 4.78 is 10.6. The molecule has 124 valence electrons. The van der Waals surface area contributed by atoms with Gasteiger partial charge in [0, 0.05) is 23.3 Å². The van der Waals surface area contributed by atoms with Crippen LogP contribution in [-0.2, 0) is 6.42 Å². The van der Waals surface area contributed by atoms with E-state index in [1.54, 1.807) is 26.5 Å². The summed E-state index contributed by atoms with van der Waals surface area (Å²) >= 11 is 0. The summed E-state index contributed by atoms with van der Waals surface area (Å²) in [5.74, 6) is 1.04. The smallest absolute Gasteiger partial charge is 0.257 e. The van der Waals surface area contributed by atoms with Gasteiger partial charge in [0.2, 0.25) is 0 Å². The van der Waals surface area contributed by atoms with E-state index in [-0.39, 0.29) is 5.91 Å². The number of fused-ring (bicyclic) bond motifs is 1. The lowest BCUT2D eigenvalue weighted by Gasteiger charge is -2.08. The molecule has 3 aromatic rings. The molecule has 2 N–H and O–H groups in total. The highest BCUT2D eigenvalue weighted by atomic mass is 16.5. The van der Waals surface area contributed by atoms with Gasteiger partial charge in [0.05, 0.1) is 25.3 Å². The Kier molecular flexibility index (Phi) is 4.42. The highest BCUT2D eigenvalue weighted by molar-refractivity contribution is 6.13. The van der Waals surface area contributed by atoms with Crippen LogP contribution in [0.4, 0.5) is 5.69 Å². The fraction of sp³-hybridized carbons (Fsp3) is 0.211. The number of nitrogens with one attached hydrogen (secondary N) is 2. The van der Waals surface area contributed by atoms with Crippen molar-refractivity contribution in [2.24, 2.45) is 0 Å². The number of hydrogen-bond acceptors (Lipinski definition) is 3. The number of benzene rings is 2. The van der Waals surface area contributed by atoms with Crippen LogP contribution in [0, 0.1) is 0 Å². The molecule has 0 saturated carbocycles. The van der Waals surface area contributed by atoms with E-state index in [0.717, 1.165) is 23.0 Å². The largest absolute Gasteiger partial charge is 0.493 e. The normalized spacial score (nSPS) is 10.6. The molecule has 1 aromatic heterocycles. The maximum Gasteiger partial charge on any atom is 0.257 e. The first-order valence-electron chi connectivity index (χ1n) is 7.79. The second-order valence-electron chi connectivity index (χ2n) is 5.46. The number of aromatic amines is 1. The van der Waals surface area contributed by atoms with Gasteiger partial charge in [-0.15, -0.1) is 0 Å². The number of aromatic nitrogens is 1. The quantitative estimate of drug-likeness (QED) is 0.745. The molecule has 1 heterocycles. The number of carbonyl (C=O) groups is 1. The lowest BCUT2D eigenvalue weighted by atomic mass is 10.1. The van der Waals surface area contributed by atoms with Gasteiger partial charge in [0.15, 0.2) is 11.5 Å². The van der Waals surface area contributed by atoms with E-state index in [2.05, 4.69) is 17.2 Å². The van der Waals surface area contributed by atoms with E-state index in [0.29, 0.717) is 17.1 Å². The Labute approximate surface area is 140 Å². The Hall–Kier alpha value is -2.95. The van der Waals surface area contributed by atoms with Crippen LogP contribution in [0.15, 0.2) is 42.6 Å². The average molecular weight is 324 g/mol. The first-order chi connectivity index (χ1) is 11.7. The molecule has 0 aliphatic rings. The Morgan fingerprint density at radius 2 is 1.75 bits per heavy atom. The zero-order valence-corrected chi connectivity index (χ0v) is 14.0. The zero-order valence-electron chi connectivity index (χ0n) is 14.0. The van der Waals surface area contributed by atoms with Crippen LogP contribution in [0.25, 0.3) is 10.9 Å².